The van der Waals surface area contributed by atoms with Crippen molar-refractivity contribution in [3.63, 3.8) is 0 Å². The van der Waals surface area contributed by atoms with Crippen molar-refractivity contribution >= 4 is 23.2 Å². The van der Waals surface area contributed by atoms with Gasteiger partial charge >= 0.3 is 0 Å². The molecule has 0 saturated heterocycles. The average Bonchev–Trinajstić information content (AvgIpc) is 2.85. The van der Waals surface area contributed by atoms with Crippen LogP contribution in [0.15, 0.2) is 47.5 Å². The van der Waals surface area contributed by atoms with Crippen molar-refractivity contribution in [3.8, 4) is 17.2 Å². The molecule has 0 radical (unpaired) electrons. The van der Waals surface area contributed by atoms with Crippen LogP contribution in [0.3, 0.4) is 0 Å². The van der Waals surface area contributed by atoms with Crippen LogP contribution in [-0.2, 0) is 0 Å². The number of nitrogens with two attached hydrogens (primary N) is 1. The molecule has 1 atom stereocenters. The predicted molar refractivity (Wildman–Crippen MR) is 104 cm³/mol. The molecule has 2 aromatic rings. The van der Waals surface area contributed by atoms with E-state index in [0.717, 1.165) is 17.9 Å². The van der Waals surface area contributed by atoms with Gasteiger partial charge in [-0.05, 0) is 37.3 Å². The number of ether oxygens (including phenoxy) is 3. The standard InChI is InChI=1S/C19H22ClN3O3/c1-13(26-16-5-2-4-14(20)10-16)12-22-19(21)23-15-6-7-17-18(11-15)25-9-3-8-24-17/h2,4-7,10-11,13H,3,8-9,12H2,1H3,(H3,21,22,23). The SMILES string of the molecule is CC(CN=C(N)Nc1ccc2c(c1)OCCCO2)Oc1cccc(Cl)c1. The molecule has 0 aromatic heterocycles. The molecule has 3 rings (SSSR count). The Hall–Kier alpha value is -2.60. The lowest BCUT2D eigenvalue weighted by atomic mass is 10.3. The van der Waals surface area contributed by atoms with Gasteiger partial charge in [0.15, 0.2) is 17.5 Å². The van der Waals surface area contributed by atoms with Crippen molar-refractivity contribution in [1.82, 2.24) is 0 Å². The molecule has 26 heavy (non-hydrogen) atoms. The van der Waals surface area contributed by atoms with Gasteiger partial charge in [0, 0.05) is 23.2 Å². The number of guanidine groups is 1. The number of rotatable bonds is 5. The smallest absolute Gasteiger partial charge is 0.193 e. The number of nitrogens with one attached hydrogen (secondary N) is 1. The van der Waals surface area contributed by atoms with Crippen molar-refractivity contribution in [2.24, 2.45) is 10.7 Å². The number of fused-ring (bicyclic) bond motifs is 1. The Balaban J connectivity index is 1.55. The molecule has 7 heteroatoms. The second kappa shape index (κ2) is 8.67. The fourth-order valence-corrected chi connectivity index (χ4v) is 2.65. The summed E-state index contributed by atoms with van der Waals surface area (Å²) in [4.78, 5) is 4.32. The summed E-state index contributed by atoms with van der Waals surface area (Å²) in [6.07, 6.45) is 0.726. The van der Waals surface area contributed by atoms with Crippen LogP contribution in [0.1, 0.15) is 13.3 Å². The molecule has 1 aliphatic heterocycles. The third-order valence-electron chi connectivity index (χ3n) is 3.67. The number of nitrogens with zero attached hydrogens (tertiary/aromatic N) is 1. The minimum absolute atomic E-state index is 0.141. The maximum Gasteiger partial charge on any atom is 0.193 e. The Bertz CT molecular complexity index is 782. The highest BCUT2D eigenvalue weighted by molar-refractivity contribution is 6.30. The van der Waals surface area contributed by atoms with Crippen molar-refractivity contribution in [1.29, 1.82) is 0 Å². The summed E-state index contributed by atoms with van der Waals surface area (Å²) in [6.45, 7) is 3.63. The van der Waals surface area contributed by atoms with Crippen LogP contribution in [-0.4, -0.2) is 31.8 Å². The van der Waals surface area contributed by atoms with Gasteiger partial charge in [0.25, 0.3) is 0 Å². The number of hydrogen-bond donors (Lipinski definition) is 2. The van der Waals surface area contributed by atoms with Crippen molar-refractivity contribution in [3.05, 3.63) is 47.5 Å². The monoisotopic (exact) mass is 375 g/mol. The van der Waals surface area contributed by atoms with E-state index < -0.39 is 0 Å². The largest absolute Gasteiger partial charge is 0.490 e. The Morgan fingerprint density at radius 1 is 1.23 bits per heavy atom. The van der Waals surface area contributed by atoms with E-state index >= 15 is 0 Å². The molecule has 3 N–H and O–H groups in total. The van der Waals surface area contributed by atoms with Gasteiger partial charge < -0.3 is 25.3 Å². The highest BCUT2D eigenvalue weighted by Crippen LogP contribution is 2.32. The highest BCUT2D eigenvalue weighted by Gasteiger charge is 2.11. The molecular formula is C19H22ClN3O3. The second-order valence-corrected chi connectivity index (χ2v) is 6.39. The number of halogens is 1. The van der Waals surface area contributed by atoms with Gasteiger partial charge in [-0.15, -0.1) is 0 Å². The quantitative estimate of drug-likeness (QED) is 0.615. The third kappa shape index (κ3) is 5.20. The lowest BCUT2D eigenvalue weighted by Gasteiger charge is -2.14. The summed E-state index contributed by atoms with van der Waals surface area (Å²) in [6, 6.07) is 12.9. The lowest BCUT2D eigenvalue weighted by molar-refractivity contribution is 0.230. The van der Waals surface area contributed by atoms with E-state index in [1.807, 2.05) is 37.3 Å². The Morgan fingerprint density at radius 3 is 2.85 bits per heavy atom. The number of benzene rings is 2. The molecule has 0 saturated carbocycles. The van der Waals surface area contributed by atoms with Gasteiger partial charge in [0.05, 0.1) is 19.8 Å². The van der Waals surface area contributed by atoms with Crippen LogP contribution < -0.4 is 25.3 Å². The number of aliphatic imine (C=N–C) groups is 1. The Labute approximate surface area is 157 Å². The van der Waals surface area contributed by atoms with Gasteiger partial charge in [-0.3, -0.25) is 0 Å². The fourth-order valence-electron chi connectivity index (χ4n) is 2.47. The first kappa shape index (κ1) is 18.2. The zero-order valence-corrected chi connectivity index (χ0v) is 15.3. The zero-order chi connectivity index (χ0) is 18.4. The summed E-state index contributed by atoms with van der Waals surface area (Å²) in [5, 5.41) is 3.69. The van der Waals surface area contributed by atoms with Gasteiger partial charge in [-0.1, -0.05) is 17.7 Å². The summed E-state index contributed by atoms with van der Waals surface area (Å²) in [7, 11) is 0. The molecular weight excluding hydrogens is 354 g/mol. The van der Waals surface area contributed by atoms with E-state index in [-0.39, 0.29) is 6.10 Å². The maximum atomic E-state index is 5.97. The van der Waals surface area contributed by atoms with E-state index in [1.54, 1.807) is 12.1 Å². The molecule has 0 bridgehead atoms. The molecule has 0 aliphatic carbocycles. The van der Waals surface area contributed by atoms with Crippen LogP contribution in [0.5, 0.6) is 17.2 Å². The summed E-state index contributed by atoms with van der Waals surface area (Å²) in [5.74, 6) is 2.46. The molecule has 0 amide bonds. The first-order valence-electron chi connectivity index (χ1n) is 8.49. The van der Waals surface area contributed by atoms with Gasteiger partial charge in [-0.25, -0.2) is 4.99 Å². The number of anilines is 1. The van der Waals surface area contributed by atoms with Crippen molar-refractivity contribution < 1.29 is 14.2 Å². The van der Waals surface area contributed by atoms with Crippen LogP contribution in [0.25, 0.3) is 0 Å². The van der Waals surface area contributed by atoms with Crippen LogP contribution >= 0.6 is 11.6 Å². The zero-order valence-electron chi connectivity index (χ0n) is 14.6. The molecule has 1 heterocycles. The summed E-state index contributed by atoms with van der Waals surface area (Å²) < 4.78 is 17.1. The lowest BCUT2D eigenvalue weighted by Crippen LogP contribution is -2.25. The molecule has 1 unspecified atom stereocenters. The van der Waals surface area contributed by atoms with Gasteiger partial charge in [-0.2, -0.15) is 0 Å². The molecule has 0 fully saturated rings. The van der Waals surface area contributed by atoms with Crippen molar-refractivity contribution in [2.45, 2.75) is 19.4 Å². The highest BCUT2D eigenvalue weighted by atomic mass is 35.5. The maximum absolute atomic E-state index is 5.97. The summed E-state index contributed by atoms with van der Waals surface area (Å²) in [5.41, 5.74) is 6.76. The molecule has 6 nitrogen and oxygen atoms in total. The minimum Gasteiger partial charge on any atom is -0.490 e. The van der Waals surface area contributed by atoms with E-state index in [0.29, 0.717) is 42.2 Å². The molecule has 138 valence electrons. The first-order valence-corrected chi connectivity index (χ1v) is 8.87. The Morgan fingerprint density at radius 2 is 2.04 bits per heavy atom. The van der Waals surface area contributed by atoms with Crippen LogP contribution in [0, 0.1) is 0 Å². The minimum atomic E-state index is -0.141. The van der Waals surface area contributed by atoms with Gasteiger partial charge in [0.2, 0.25) is 0 Å². The van der Waals surface area contributed by atoms with E-state index in [2.05, 4.69) is 10.3 Å². The van der Waals surface area contributed by atoms with Crippen LogP contribution in [0.2, 0.25) is 5.02 Å². The topological polar surface area (TPSA) is 78.1 Å². The summed E-state index contributed by atoms with van der Waals surface area (Å²) >= 11 is 5.95. The van der Waals surface area contributed by atoms with Crippen molar-refractivity contribution in [2.75, 3.05) is 25.1 Å². The van der Waals surface area contributed by atoms with E-state index in [9.17, 15) is 0 Å². The van der Waals surface area contributed by atoms with Crippen LogP contribution in [0.4, 0.5) is 5.69 Å². The van der Waals surface area contributed by atoms with E-state index in [1.165, 1.54) is 0 Å². The number of hydrogen-bond acceptors (Lipinski definition) is 4. The Kier molecular flexibility index (Phi) is 6.07. The first-order chi connectivity index (χ1) is 12.6. The molecule has 1 aliphatic rings. The second-order valence-electron chi connectivity index (χ2n) is 5.95. The molecule has 2 aromatic carbocycles. The van der Waals surface area contributed by atoms with E-state index in [4.69, 9.17) is 31.5 Å². The normalized spacial score (nSPS) is 15.1. The average molecular weight is 376 g/mol. The fraction of sp³-hybridized carbons (Fsp3) is 0.316. The molecule has 0 spiro atoms. The predicted octanol–water partition coefficient (Wildman–Crippen LogP) is 3.70. The third-order valence-corrected chi connectivity index (χ3v) is 3.91. The van der Waals surface area contributed by atoms with Gasteiger partial charge in [0.1, 0.15) is 11.9 Å².